The Labute approximate surface area is 76.8 Å². The molecule has 0 radical (unpaired) electrons. The second-order valence-electron chi connectivity index (χ2n) is 1.91. The summed E-state index contributed by atoms with van der Waals surface area (Å²) in [6.07, 6.45) is 1.81. The summed E-state index contributed by atoms with van der Waals surface area (Å²) in [7, 11) is 2.00. The second kappa shape index (κ2) is 5.33. The van der Waals surface area contributed by atoms with E-state index >= 15 is 0 Å². The molecule has 0 saturated carbocycles. The van der Waals surface area contributed by atoms with Gasteiger partial charge in [-0.05, 0) is 0 Å². The number of hydrogen-bond donors (Lipinski definition) is 0. The summed E-state index contributed by atoms with van der Waals surface area (Å²) in [6, 6.07) is 1.97. The Kier molecular flexibility index (Phi) is 5.17. The molecule has 2 nitrogen and oxygen atoms in total. The third kappa shape index (κ3) is 3.04. The summed E-state index contributed by atoms with van der Waals surface area (Å²) in [6.45, 7) is 5.98. The Balaban J connectivity index is 0.000000461. The molecule has 0 bridgehead atoms. The number of aromatic nitrogens is 2. The van der Waals surface area contributed by atoms with E-state index < -0.39 is 0 Å². The van der Waals surface area contributed by atoms with Crippen molar-refractivity contribution in [1.82, 2.24) is 9.55 Å². The van der Waals surface area contributed by atoms with E-state index in [9.17, 15) is 0 Å². The molecule has 1 aromatic rings. The van der Waals surface area contributed by atoms with Crippen molar-refractivity contribution >= 4 is 0 Å². The molecule has 0 fully saturated rings. The first-order valence-electron chi connectivity index (χ1n) is 3.72. The van der Waals surface area contributed by atoms with Crippen LogP contribution in [0.2, 0.25) is 0 Å². The van der Waals surface area contributed by atoms with Gasteiger partial charge in [-0.3, -0.25) is 0 Å². The molecule has 0 spiro atoms. The molecule has 0 unspecified atom stereocenters. The van der Waals surface area contributed by atoms with Crippen LogP contribution in [0.1, 0.15) is 19.7 Å². The van der Waals surface area contributed by atoms with Crippen molar-refractivity contribution in [2.45, 2.75) is 20.8 Å². The van der Waals surface area contributed by atoms with Crippen LogP contribution in [0.25, 0.3) is 0 Å². The quantitative estimate of drug-likeness (QED) is 0.608. The third-order valence-electron chi connectivity index (χ3n) is 1.31. The van der Waals surface area contributed by atoms with Gasteiger partial charge < -0.3 is 0 Å². The minimum atomic E-state index is 1.04. The van der Waals surface area contributed by atoms with Gasteiger partial charge in [0.15, 0.2) is 0 Å². The summed E-state index contributed by atoms with van der Waals surface area (Å²) in [5.74, 6) is 1.04. The van der Waals surface area contributed by atoms with Crippen molar-refractivity contribution in [2.24, 2.45) is 7.05 Å². The molecule has 11 heavy (non-hydrogen) atoms. The SMILES string of the molecule is CC.Cc1ncc[c](=[V])n1C. The normalized spacial score (nSPS) is 8.27. The van der Waals surface area contributed by atoms with Crippen LogP contribution >= 0.6 is 0 Å². The first-order valence-corrected chi connectivity index (χ1v) is 4.42. The van der Waals surface area contributed by atoms with Crippen LogP contribution < -0.4 is 0 Å². The third-order valence-corrected chi connectivity index (χ3v) is 2.02. The Morgan fingerprint density at radius 3 is 2.36 bits per heavy atom. The molecule has 1 aromatic heterocycles. The zero-order chi connectivity index (χ0) is 8.85. The van der Waals surface area contributed by atoms with E-state index in [0.29, 0.717) is 0 Å². The van der Waals surface area contributed by atoms with Gasteiger partial charge in [-0.25, -0.2) is 0 Å². The fourth-order valence-electron chi connectivity index (χ4n) is 0.576. The van der Waals surface area contributed by atoms with Gasteiger partial charge in [-0.2, -0.15) is 0 Å². The average Bonchev–Trinajstić information content (AvgIpc) is 2.04. The number of rotatable bonds is 0. The molecule has 0 saturated heterocycles. The second-order valence-corrected chi connectivity index (χ2v) is 2.62. The minimum absolute atomic E-state index is 1.04. The van der Waals surface area contributed by atoms with E-state index in [2.05, 4.69) is 22.0 Å². The molecule has 0 aliphatic rings. The molecular weight excluding hydrogens is 175 g/mol. The van der Waals surface area contributed by atoms with Gasteiger partial charge >= 0.3 is 62.6 Å². The fourth-order valence-corrected chi connectivity index (χ4v) is 0.906. The van der Waals surface area contributed by atoms with Crippen LogP contribution in [-0.4, -0.2) is 9.55 Å². The summed E-state index contributed by atoms with van der Waals surface area (Å²) in [4.78, 5) is 4.09. The average molecular weight is 189 g/mol. The van der Waals surface area contributed by atoms with Crippen molar-refractivity contribution in [3.63, 3.8) is 0 Å². The van der Waals surface area contributed by atoms with Crippen molar-refractivity contribution in [3.8, 4) is 0 Å². The molecule has 0 atom stereocenters. The Morgan fingerprint density at radius 2 is 2.00 bits per heavy atom. The van der Waals surface area contributed by atoms with Gasteiger partial charge in [-0.15, -0.1) is 0 Å². The van der Waals surface area contributed by atoms with E-state index in [1.54, 1.807) is 0 Å². The van der Waals surface area contributed by atoms with E-state index in [-0.39, 0.29) is 0 Å². The van der Waals surface area contributed by atoms with E-state index in [4.69, 9.17) is 0 Å². The number of nitrogens with zero attached hydrogens (tertiary/aromatic N) is 2. The monoisotopic (exact) mass is 189 g/mol. The van der Waals surface area contributed by atoms with Gasteiger partial charge in [0.05, 0.1) is 0 Å². The molecule has 3 heteroatoms. The molecule has 0 aliphatic heterocycles. The van der Waals surface area contributed by atoms with Crippen LogP contribution in [0, 0.1) is 10.9 Å². The number of aryl methyl sites for hydroxylation is 1. The Bertz CT molecular complexity index is 265. The predicted molar refractivity (Wildman–Crippen MR) is 42.5 cm³/mol. The summed E-state index contributed by atoms with van der Waals surface area (Å²) in [5, 5.41) is 0. The maximum atomic E-state index is 4.09. The summed E-state index contributed by atoms with van der Waals surface area (Å²) in [5.41, 5.74) is 0. The van der Waals surface area contributed by atoms with Crippen LogP contribution in [0.5, 0.6) is 0 Å². The molecule has 0 amide bonds. The molecule has 0 N–H and O–H groups in total. The summed E-state index contributed by atoms with van der Waals surface area (Å²) < 4.78 is 3.20. The van der Waals surface area contributed by atoms with E-state index in [1.165, 1.54) is 4.00 Å². The molecule has 0 aromatic carbocycles. The number of hydrogen-bond acceptors (Lipinski definition) is 1. The van der Waals surface area contributed by atoms with Crippen LogP contribution in [-0.2, 0) is 24.0 Å². The van der Waals surface area contributed by atoms with Gasteiger partial charge in [0, 0.05) is 0 Å². The van der Waals surface area contributed by atoms with Crippen molar-refractivity contribution in [3.05, 3.63) is 22.1 Å². The zero-order valence-corrected chi connectivity index (χ0v) is 8.89. The first-order chi connectivity index (χ1) is 5.22. The topological polar surface area (TPSA) is 17.8 Å². The van der Waals surface area contributed by atoms with E-state index in [1.807, 2.05) is 44.6 Å². The molecule has 1 rings (SSSR count). The van der Waals surface area contributed by atoms with Gasteiger partial charge in [-0.1, -0.05) is 13.8 Å². The molecule has 1 heterocycles. The van der Waals surface area contributed by atoms with Crippen molar-refractivity contribution in [2.75, 3.05) is 0 Å². The Hall–Kier alpha value is -0.336. The molecule has 0 aliphatic carbocycles. The maximum absolute atomic E-state index is 4.09. The predicted octanol–water partition coefficient (Wildman–Crippen LogP) is 1.83. The molecular formula is C8H14N2V. The van der Waals surface area contributed by atoms with Crippen molar-refractivity contribution < 1.29 is 17.0 Å². The van der Waals surface area contributed by atoms with Crippen LogP contribution in [0.4, 0.5) is 0 Å². The standard InChI is InChI=1S/C6H8N2.C2H6.V/c1-6-7-4-3-5-8(6)2;1-2;/h3-4H,1-2H3;1-2H3;. The zero-order valence-electron chi connectivity index (χ0n) is 7.50. The molecule has 61 valence electrons. The van der Waals surface area contributed by atoms with Gasteiger partial charge in [0.1, 0.15) is 0 Å². The van der Waals surface area contributed by atoms with Crippen LogP contribution in [0.3, 0.4) is 0 Å². The van der Waals surface area contributed by atoms with Crippen molar-refractivity contribution in [1.29, 1.82) is 0 Å². The van der Waals surface area contributed by atoms with Gasteiger partial charge in [0.2, 0.25) is 0 Å². The summed E-state index contributed by atoms with van der Waals surface area (Å²) >= 11 is 2.50. The van der Waals surface area contributed by atoms with E-state index in [0.717, 1.165) is 5.82 Å². The Morgan fingerprint density at radius 1 is 1.45 bits per heavy atom. The first kappa shape index (κ1) is 10.7. The fraction of sp³-hybridized carbons (Fsp3) is 0.500. The van der Waals surface area contributed by atoms with Crippen LogP contribution in [0.15, 0.2) is 12.3 Å². The van der Waals surface area contributed by atoms with Gasteiger partial charge in [0.25, 0.3) is 0 Å².